The largest absolute Gasteiger partial charge is 0.360 e. The second kappa shape index (κ2) is 8.37. The van der Waals surface area contributed by atoms with Gasteiger partial charge in [0, 0.05) is 17.8 Å². The lowest BCUT2D eigenvalue weighted by atomic mass is 9.87. The number of carbonyl (C=O) groups excluding carboxylic acids is 2. The number of rotatable bonds is 6. The van der Waals surface area contributed by atoms with E-state index < -0.39 is 0 Å². The summed E-state index contributed by atoms with van der Waals surface area (Å²) in [5, 5.41) is 5.60. The Hall–Kier alpha value is -3.42. The number of anilines is 1. The molecule has 0 aromatic carbocycles. The molecule has 0 spiro atoms. The van der Waals surface area contributed by atoms with E-state index in [1.165, 1.54) is 4.57 Å². The Morgan fingerprint density at radius 3 is 2.87 bits per heavy atom. The van der Waals surface area contributed by atoms with Gasteiger partial charge in [-0.3, -0.25) is 14.4 Å². The van der Waals surface area contributed by atoms with E-state index in [1.54, 1.807) is 0 Å². The standard InChI is InChI=1S/C23H27N5O3/c1-13(2)8-16-10-15-9-14(3)28(23(31)21(15)27-22(16)30)12-20(29)25-11-17-4-5-18-19(26-17)6-7-24-18/h4-7,9,13,16,24H,8,10-12H2,1-3H3,(H,25,29)(H,27,30)/t16-/m1/s1. The van der Waals surface area contributed by atoms with Crippen molar-refractivity contribution >= 4 is 28.5 Å². The molecule has 1 atom stereocenters. The minimum atomic E-state index is -0.339. The summed E-state index contributed by atoms with van der Waals surface area (Å²) in [6, 6.07) is 7.53. The molecule has 3 N–H and O–H groups in total. The van der Waals surface area contributed by atoms with Crippen molar-refractivity contribution in [2.24, 2.45) is 11.8 Å². The summed E-state index contributed by atoms with van der Waals surface area (Å²) in [4.78, 5) is 45.5. The van der Waals surface area contributed by atoms with Gasteiger partial charge >= 0.3 is 0 Å². The van der Waals surface area contributed by atoms with Gasteiger partial charge in [0.05, 0.1) is 23.3 Å². The minimum absolute atomic E-state index is 0.115. The fourth-order valence-electron chi connectivity index (χ4n) is 4.13. The summed E-state index contributed by atoms with van der Waals surface area (Å²) in [7, 11) is 0. The molecule has 0 radical (unpaired) electrons. The smallest absolute Gasteiger partial charge is 0.275 e. The lowest BCUT2D eigenvalue weighted by Gasteiger charge is -2.26. The zero-order valence-electron chi connectivity index (χ0n) is 18.0. The van der Waals surface area contributed by atoms with Crippen LogP contribution in [-0.2, 0) is 29.1 Å². The molecule has 4 rings (SSSR count). The first-order valence-corrected chi connectivity index (χ1v) is 10.6. The number of H-pyrrole nitrogens is 1. The van der Waals surface area contributed by atoms with E-state index in [4.69, 9.17) is 0 Å². The Morgan fingerprint density at radius 1 is 1.29 bits per heavy atom. The Morgan fingerprint density at radius 2 is 2.10 bits per heavy atom. The molecule has 3 aromatic rings. The molecular formula is C23H27N5O3. The first-order chi connectivity index (χ1) is 14.8. The molecule has 0 aliphatic carbocycles. The third-order valence-corrected chi connectivity index (χ3v) is 5.66. The first-order valence-electron chi connectivity index (χ1n) is 10.6. The molecule has 3 aromatic heterocycles. The van der Waals surface area contributed by atoms with Crippen LogP contribution in [0, 0.1) is 18.8 Å². The zero-order valence-corrected chi connectivity index (χ0v) is 18.0. The fourth-order valence-corrected chi connectivity index (χ4v) is 4.13. The SMILES string of the molecule is Cc1cc2c(c(=O)n1CC(=O)NCc1ccc3[nH]ccc3n1)NC(=O)[C@H](CC(C)C)C2. The number of carbonyl (C=O) groups is 2. The Balaban J connectivity index is 1.47. The topological polar surface area (TPSA) is 109 Å². The molecule has 1 aliphatic rings. The van der Waals surface area contributed by atoms with Crippen LogP contribution in [0.3, 0.4) is 0 Å². The maximum Gasteiger partial charge on any atom is 0.275 e. The van der Waals surface area contributed by atoms with Crippen LogP contribution in [-0.4, -0.2) is 26.3 Å². The van der Waals surface area contributed by atoms with Gasteiger partial charge < -0.3 is 20.2 Å². The van der Waals surface area contributed by atoms with Gasteiger partial charge in [-0.2, -0.15) is 0 Å². The van der Waals surface area contributed by atoms with Gasteiger partial charge in [0.2, 0.25) is 11.8 Å². The van der Waals surface area contributed by atoms with E-state index in [0.717, 1.165) is 28.7 Å². The Bertz CT molecular complexity index is 1210. The van der Waals surface area contributed by atoms with Crippen molar-refractivity contribution < 1.29 is 9.59 Å². The van der Waals surface area contributed by atoms with Gasteiger partial charge in [-0.1, -0.05) is 13.8 Å². The average Bonchev–Trinajstić information content (AvgIpc) is 3.18. The predicted molar refractivity (Wildman–Crippen MR) is 119 cm³/mol. The molecule has 0 bridgehead atoms. The number of nitrogens with one attached hydrogen (secondary N) is 3. The number of aromatic amines is 1. The van der Waals surface area contributed by atoms with Crippen LogP contribution in [0.1, 0.15) is 37.2 Å². The molecular weight excluding hydrogens is 394 g/mol. The average molecular weight is 422 g/mol. The van der Waals surface area contributed by atoms with Crippen molar-refractivity contribution in [3.8, 4) is 0 Å². The van der Waals surface area contributed by atoms with Crippen LogP contribution in [0.15, 0.2) is 35.3 Å². The third kappa shape index (κ3) is 4.38. The van der Waals surface area contributed by atoms with Crippen molar-refractivity contribution in [1.29, 1.82) is 0 Å². The van der Waals surface area contributed by atoms with Crippen LogP contribution in [0.25, 0.3) is 11.0 Å². The molecule has 1 aliphatic heterocycles. The van der Waals surface area contributed by atoms with Crippen molar-refractivity contribution in [2.75, 3.05) is 5.32 Å². The Labute approximate surface area is 180 Å². The Kier molecular flexibility index (Phi) is 5.63. The van der Waals surface area contributed by atoms with Crippen molar-refractivity contribution in [3.05, 3.63) is 57.8 Å². The highest BCUT2D eigenvalue weighted by atomic mass is 16.2. The minimum Gasteiger partial charge on any atom is -0.360 e. The van der Waals surface area contributed by atoms with E-state index in [0.29, 0.717) is 23.7 Å². The second-order valence-electron chi connectivity index (χ2n) is 8.59. The highest BCUT2D eigenvalue weighted by molar-refractivity contribution is 5.95. The molecule has 0 unspecified atom stereocenters. The summed E-state index contributed by atoms with van der Waals surface area (Å²) in [5.41, 5.74) is 4.00. The van der Waals surface area contributed by atoms with Crippen LogP contribution < -0.4 is 16.2 Å². The van der Waals surface area contributed by atoms with Gasteiger partial charge in [-0.15, -0.1) is 0 Å². The van der Waals surface area contributed by atoms with Gasteiger partial charge in [0.25, 0.3) is 5.56 Å². The van der Waals surface area contributed by atoms with Gasteiger partial charge in [-0.25, -0.2) is 4.98 Å². The summed E-state index contributed by atoms with van der Waals surface area (Å²) in [6.45, 7) is 6.12. The molecule has 0 saturated carbocycles. The lowest BCUT2D eigenvalue weighted by molar-refractivity contribution is -0.122. The molecule has 8 heteroatoms. The van der Waals surface area contributed by atoms with Crippen LogP contribution in [0.5, 0.6) is 0 Å². The van der Waals surface area contributed by atoms with Crippen molar-refractivity contribution in [2.45, 2.75) is 46.7 Å². The van der Waals surface area contributed by atoms with Crippen LogP contribution in [0.4, 0.5) is 5.69 Å². The molecule has 162 valence electrons. The maximum atomic E-state index is 13.0. The monoisotopic (exact) mass is 421 g/mol. The molecule has 0 fully saturated rings. The van der Waals surface area contributed by atoms with Gasteiger partial charge in [0.15, 0.2) is 0 Å². The van der Waals surface area contributed by atoms with E-state index in [2.05, 4.69) is 34.4 Å². The second-order valence-corrected chi connectivity index (χ2v) is 8.59. The molecule has 4 heterocycles. The van der Waals surface area contributed by atoms with Gasteiger partial charge in [-0.05, 0) is 55.5 Å². The number of hydrogen-bond acceptors (Lipinski definition) is 4. The van der Waals surface area contributed by atoms with E-state index in [-0.39, 0.29) is 36.4 Å². The number of fused-ring (bicyclic) bond motifs is 2. The predicted octanol–water partition coefficient (Wildman–Crippen LogP) is 2.51. The summed E-state index contributed by atoms with van der Waals surface area (Å²) in [5.74, 6) is -0.143. The number of hydrogen-bond donors (Lipinski definition) is 3. The van der Waals surface area contributed by atoms with E-state index in [1.807, 2.05) is 37.4 Å². The number of aryl methyl sites for hydroxylation is 1. The normalized spacial score (nSPS) is 15.7. The third-order valence-electron chi connectivity index (χ3n) is 5.66. The summed E-state index contributed by atoms with van der Waals surface area (Å²) < 4.78 is 1.40. The van der Waals surface area contributed by atoms with Crippen LogP contribution in [0.2, 0.25) is 0 Å². The maximum absolute atomic E-state index is 13.0. The molecule has 31 heavy (non-hydrogen) atoms. The lowest BCUT2D eigenvalue weighted by Crippen LogP contribution is -2.39. The molecule has 8 nitrogen and oxygen atoms in total. The van der Waals surface area contributed by atoms with E-state index >= 15 is 0 Å². The van der Waals surface area contributed by atoms with Gasteiger partial charge in [0.1, 0.15) is 12.2 Å². The van der Waals surface area contributed by atoms with E-state index in [9.17, 15) is 14.4 Å². The highest BCUT2D eigenvalue weighted by Gasteiger charge is 2.29. The number of pyridine rings is 2. The molecule has 2 amide bonds. The van der Waals surface area contributed by atoms with Crippen molar-refractivity contribution in [3.63, 3.8) is 0 Å². The summed E-state index contributed by atoms with van der Waals surface area (Å²) >= 11 is 0. The fraction of sp³-hybridized carbons (Fsp3) is 0.391. The zero-order chi connectivity index (χ0) is 22.1. The number of amides is 2. The number of nitrogens with zero attached hydrogens (tertiary/aromatic N) is 2. The quantitative estimate of drug-likeness (QED) is 0.568. The number of aromatic nitrogens is 3. The summed E-state index contributed by atoms with van der Waals surface area (Å²) in [6.07, 6.45) is 3.14. The van der Waals surface area contributed by atoms with Crippen molar-refractivity contribution in [1.82, 2.24) is 19.9 Å². The molecule has 0 saturated heterocycles. The first kappa shape index (κ1) is 20.8. The van der Waals surface area contributed by atoms with Crippen LogP contribution >= 0.6 is 0 Å². The highest BCUT2D eigenvalue weighted by Crippen LogP contribution is 2.27.